The first-order valence-electron chi connectivity index (χ1n) is 6.32. The van der Waals surface area contributed by atoms with Crippen molar-refractivity contribution in [2.75, 3.05) is 6.61 Å². The Morgan fingerprint density at radius 3 is 2.94 bits per heavy atom. The number of aryl methyl sites for hydroxylation is 1. The Morgan fingerprint density at radius 1 is 1.25 bits per heavy atom. The molecule has 1 aromatic rings. The summed E-state index contributed by atoms with van der Waals surface area (Å²) in [5, 5.41) is 3.74. The van der Waals surface area contributed by atoms with Crippen molar-refractivity contribution < 1.29 is 4.74 Å². The van der Waals surface area contributed by atoms with E-state index >= 15 is 0 Å². The van der Waals surface area contributed by atoms with Gasteiger partial charge in [0.05, 0.1) is 6.61 Å². The summed E-state index contributed by atoms with van der Waals surface area (Å²) in [7, 11) is 0. The monoisotopic (exact) mass is 217 g/mol. The highest BCUT2D eigenvalue weighted by Gasteiger charge is 2.27. The van der Waals surface area contributed by atoms with E-state index in [0.29, 0.717) is 6.04 Å². The fraction of sp³-hybridized carbons (Fsp3) is 0.571. The van der Waals surface area contributed by atoms with Gasteiger partial charge in [-0.3, -0.25) is 0 Å². The molecule has 0 saturated heterocycles. The molecule has 86 valence electrons. The summed E-state index contributed by atoms with van der Waals surface area (Å²) < 4.78 is 5.80. The summed E-state index contributed by atoms with van der Waals surface area (Å²) >= 11 is 0. The van der Waals surface area contributed by atoms with E-state index in [1.54, 1.807) is 0 Å². The van der Waals surface area contributed by atoms with Crippen LogP contribution in [0.15, 0.2) is 18.2 Å². The molecule has 1 heterocycles. The first kappa shape index (κ1) is 10.2. The maximum Gasteiger partial charge on any atom is 0.124 e. The first-order valence-corrected chi connectivity index (χ1v) is 6.32. The van der Waals surface area contributed by atoms with Crippen LogP contribution < -0.4 is 10.1 Å². The lowest BCUT2D eigenvalue weighted by Gasteiger charge is -2.18. The van der Waals surface area contributed by atoms with Gasteiger partial charge in [0.25, 0.3) is 0 Å². The van der Waals surface area contributed by atoms with Gasteiger partial charge in [-0.15, -0.1) is 0 Å². The predicted octanol–water partition coefficient (Wildman–Crippen LogP) is 2.96. The minimum Gasteiger partial charge on any atom is -0.493 e. The number of hydrogen-bond donors (Lipinski definition) is 1. The lowest BCUT2D eigenvalue weighted by Crippen LogP contribution is -2.23. The van der Waals surface area contributed by atoms with Crippen LogP contribution in [-0.4, -0.2) is 12.6 Å². The van der Waals surface area contributed by atoms with Crippen molar-refractivity contribution >= 4 is 0 Å². The van der Waals surface area contributed by atoms with Crippen LogP contribution in [0, 0.1) is 6.92 Å². The molecule has 1 aliphatic heterocycles. The fourth-order valence-corrected chi connectivity index (χ4v) is 2.40. The largest absolute Gasteiger partial charge is 0.493 e. The van der Waals surface area contributed by atoms with E-state index in [1.165, 1.54) is 30.4 Å². The average Bonchev–Trinajstić information content (AvgIpc) is 3.08. The summed E-state index contributed by atoms with van der Waals surface area (Å²) in [4.78, 5) is 0. The molecule has 1 atom stereocenters. The zero-order valence-corrected chi connectivity index (χ0v) is 9.83. The maximum absolute atomic E-state index is 5.80. The van der Waals surface area contributed by atoms with Crippen molar-refractivity contribution in [3.05, 3.63) is 29.3 Å². The minimum absolute atomic E-state index is 0.505. The highest BCUT2D eigenvalue weighted by Crippen LogP contribution is 2.34. The van der Waals surface area contributed by atoms with Gasteiger partial charge in [0.15, 0.2) is 0 Å². The van der Waals surface area contributed by atoms with Crippen molar-refractivity contribution in [1.82, 2.24) is 5.32 Å². The van der Waals surface area contributed by atoms with Crippen molar-refractivity contribution in [2.24, 2.45) is 0 Å². The second-order valence-corrected chi connectivity index (χ2v) is 5.03. The Labute approximate surface area is 97.0 Å². The van der Waals surface area contributed by atoms with E-state index < -0.39 is 0 Å². The normalized spacial score (nSPS) is 24.4. The Morgan fingerprint density at radius 2 is 2.12 bits per heavy atom. The van der Waals surface area contributed by atoms with Gasteiger partial charge in [-0.2, -0.15) is 0 Å². The molecule has 2 heteroatoms. The smallest absolute Gasteiger partial charge is 0.124 e. The van der Waals surface area contributed by atoms with Crippen molar-refractivity contribution in [3.63, 3.8) is 0 Å². The summed E-state index contributed by atoms with van der Waals surface area (Å²) in [6.07, 6.45) is 5.04. The second kappa shape index (κ2) is 4.10. The van der Waals surface area contributed by atoms with Gasteiger partial charge in [0, 0.05) is 17.6 Å². The van der Waals surface area contributed by atoms with Crippen LogP contribution in [-0.2, 0) is 0 Å². The van der Waals surface area contributed by atoms with E-state index in [9.17, 15) is 0 Å². The number of nitrogens with one attached hydrogen (secondary N) is 1. The number of hydrogen-bond acceptors (Lipinski definition) is 2. The summed E-state index contributed by atoms with van der Waals surface area (Å²) in [5.41, 5.74) is 2.69. The quantitative estimate of drug-likeness (QED) is 0.822. The van der Waals surface area contributed by atoms with Crippen molar-refractivity contribution in [3.8, 4) is 5.75 Å². The molecular formula is C14H19NO. The number of benzene rings is 1. The molecule has 0 aromatic heterocycles. The summed E-state index contributed by atoms with van der Waals surface area (Å²) in [5.74, 6) is 1.08. The number of rotatable bonds is 2. The molecule has 1 N–H and O–H groups in total. The molecule has 1 aromatic carbocycles. The minimum atomic E-state index is 0.505. The molecule has 0 radical (unpaired) electrons. The Hall–Kier alpha value is -1.02. The zero-order chi connectivity index (χ0) is 11.0. The summed E-state index contributed by atoms with van der Waals surface area (Å²) in [6.45, 7) is 3.01. The van der Waals surface area contributed by atoms with Crippen LogP contribution in [0.5, 0.6) is 5.75 Å². The van der Waals surface area contributed by atoms with E-state index in [2.05, 4.69) is 30.4 Å². The van der Waals surface area contributed by atoms with Crippen LogP contribution in [0.3, 0.4) is 0 Å². The van der Waals surface area contributed by atoms with E-state index in [0.717, 1.165) is 24.8 Å². The SMILES string of the molecule is Cc1ccc2c(c1)C(NC1CC1)CCCO2. The second-order valence-electron chi connectivity index (χ2n) is 5.03. The van der Waals surface area contributed by atoms with Crippen molar-refractivity contribution in [1.29, 1.82) is 0 Å². The molecule has 0 bridgehead atoms. The van der Waals surface area contributed by atoms with Gasteiger partial charge in [0.1, 0.15) is 5.75 Å². The van der Waals surface area contributed by atoms with Crippen LogP contribution in [0.2, 0.25) is 0 Å². The van der Waals surface area contributed by atoms with Gasteiger partial charge in [-0.1, -0.05) is 17.7 Å². The molecule has 2 aliphatic rings. The molecule has 0 amide bonds. The zero-order valence-electron chi connectivity index (χ0n) is 9.83. The Kier molecular flexibility index (Phi) is 2.60. The fourth-order valence-electron chi connectivity index (χ4n) is 2.40. The van der Waals surface area contributed by atoms with Gasteiger partial charge < -0.3 is 10.1 Å². The molecule has 2 nitrogen and oxygen atoms in total. The topological polar surface area (TPSA) is 21.3 Å². The van der Waals surface area contributed by atoms with Gasteiger partial charge in [0.2, 0.25) is 0 Å². The molecule has 3 rings (SSSR count). The van der Waals surface area contributed by atoms with Crippen LogP contribution in [0.4, 0.5) is 0 Å². The van der Waals surface area contributed by atoms with Crippen LogP contribution in [0.1, 0.15) is 42.9 Å². The van der Waals surface area contributed by atoms with Gasteiger partial charge in [-0.25, -0.2) is 0 Å². The Balaban J connectivity index is 1.90. The highest BCUT2D eigenvalue weighted by molar-refractivity contribution is 5.39. The van der Waals surface area contributed by atoms with Crippen LogP contribution >= 0.6 is 0 Å². The third kappa shape index (κ3) is 2.07. The maximum atomic E-state index is 5.80. The molecular weight excluding hydrogens is 198 g/mol. The Bertz CT molecular complexity index is 384. The van der Waals surface area contributed by atoms with E-state index in [-0.39, 0.29) is 0 Å². The van der Waals surface area contributed by atoms with Gasteiger partial charge >= 0.3 is 0 Å². The van der Waals surface area contributed by atoms with Crippen LogP contribution in [0.25, 0.3) is 0 Å². The molecule has 1 aliphatic carbocycles. The standard InChI is InChI=1S/C14H19NO/c1-10-4-7-14-12(9-10)13(3-2-8-16-14)15-11-5-6-11/h4,7,9,11,13,15H,2-3,5-6,8H2,1H3. The third-order valence-electron chi connectivity index (χ3n) is 3.45. The average molecular weight is 217 g/mol. The lowest BCUT2D eigenvalue weighted by molar-refractivity contribution is 0.315. The molecule has 1 unspecified atom stereocenters. The number of fused-ring (bicyclic) bond motifs is 1. The third-order valence-corrected chi connectivity index (χ3v) is 3.45. The highest BCUT2D eigenvalue weighted by atomic mass is 16.5. The number of ether oxygens (including phenoxy) is 1. The lowest BCUT2D eigenvalue weighted by atomic mass is 10.00. The first-order chi connectivity index (χ1) is 7.83. The summed E-state index contributed by atoms with van der Waals surface area (Å²) in [6, 6.07) is 7.80. The van der Waals surface area contributed by atoms with E-state index in [1.807, 2.05) is 0 Å². The van der Waals surface area contributed by atoms with Crippen molar-refractivity contribution in [2.45, 2.75) is 44.7 Å². The molecule has 16 heavy (non-hydrogen) atoms. The van der Waals surface area contributed by atoms with Gasteiger partial charge in [-0.05, 0) is 38.7 Å². The van der Waals surface area contributed by atoms with E-state index in [4.69, 9.17) is 4.74 Å². The molecule has 1 saturated carbocycles. The predicted molar refractivity (Wildman–Crippen MR) is 64.8 cm³/mol. The molecule has 0 spiro atoms. The molecule has 1 fully saturated rings.